The Balaban J connectivity index is 4.70. The molecule has 0 radical (unpaired) electrons. The van der Waals surface area contributed by atoms with E-state index in [-0.39, 0.29) is 0 Å². The molecule has 116 valence electrons. The minimum atomic E-state index is 0.492. The zero-order chi connectivity index (χ0) is 15.4. The van der Waals surface area contributed by atoms with Crippen molar-refractivity contribution >= 4 is 5.96 Å². The molecular weight excluding hydrogens is 248 g/mol. The van der Waals surface area contributed by atoms with Crippen LogP contribution in [0.4, 0.5) is 0 Å². The smallest absolute Gasteiger partial charge is 0.192 e. The Morgan fingerprint density at radius 1 is 1.20 bits per heavy atom. The number of guanidine groups is 1. The second-order valence-electron chi connectivity index (χ2n) is 5.28. The Bertz CT molecular complexity index is 300. The Labute approximate surface area is 125 Å². The van der Waals surface area contributed by atoms with Crippen LogP contribution in [-0.4, -0.2) is 49.6 Å². The van der Waals surface area contributed by atoms with Crippen LogP contribution in [0.25, 0.3) is 0 Å². The molecule has 0 aliphatic rings. The molecule has 0 aliphatic heterocycles. The number of aliphatic imine (C=N–C) groups is 1. The number of nitrogens with one attached hydrogen (secondary N) is 2. The maximum Gasteiger partial charge on any atom is 0.192 e. The number of rotatable bonds is 9. The Morgan fingerprint density at radius 2 is 1.85 bits per heavy atom. The number of hydrogen-bond donors (Lipinski definition) is 2. The molecule has 0 aliphatic carbocycles. The van der Waals surface area contributed by atoms with Crippen LogP contribution in [0.1, 0.15) is 41.0 Å². The van der Waals surface area contributed by atoms with Crippen LogP contribution in [0.5, 0.6) is 0 Å². The summed E-state index contributed by atoms with van der Waals surface area (Å²) in [5.74, 6) is 4.07. The summed E-state index contributed by atoms with van der Waals surface area (Å²) >= 11 is 0. The number of nitrogens with zero attached hydrogens (tertiary/aromatic N) is 2. The topological polar surface area (TPSA) is 39.7 Å². The minimum absolute atomic E-state index is 0.492. The molecule has 4 heteroatoms. The van der Waals surface area contributed by atoms with Gasteiger partial charge in [0, 0.05) is 12.6 Å². The summed E-state index contributed by atoms with van der Waals surface area (Å²) in [5.41, 5.74) is 0. The third-order valence-corrected chi connectivity index (χ3v) is 3.23. The molecule has 0 fully saturated rings. The third-order valence-electron chi connectivity index (χ3n) is 3.23. The van der Waals surface area contributed by atoms with Crippen LogP contribution in [0.3, 0.4) is 0 Å². The minimum Gasteiger partial charge on any atom is -0.357 e. The van der Waals surface area contributed by atoms with Gasteiger partial charge in [-0.25, -0.2) is 0 Å². The van der Waals surface area contributed by atoms with Gasteiger partial charge in [0.25, 0.3) is 0 Å². The van der Waals surface area contributed by atoms with Crippen molar-refractivity contribution in [2.45, 2.75) is 47.1 Å². The lowest BCUT2D eigenvalue weighted by Gasteiger charge is -2.30. The first-order valence-corrected chi connectivity index (χ1v) is 7.78. The number of terminal acetylenes is 1. The summed E-state index contributed by atoms with van der Waals surface area (Å²) in [6.07, 6.45) is 6.45. The van der Waals surface area contributed by atoms with Crippen molar-refractivity contribution in [3.05, 3.63) is 0 Å². The first-order chi connectivity index (χ1) is 9.58. The highest BCUT2D eigenvalue weighted by Crippen LogP contribution is 2.12. The van der Waals surface area contributed by atoms with Gasteiger partial charge >= 0.3 is 0 Å². The molecule has 0 aromatic carbocycles. The van der Waals surface area contributed by atoms with Gasteiger partial charge in [-0.1, -0.05) is 33.6 Å². The van der Waals surface area contributed by atoms with Gasteiger partial charge in [-0.2, -0.15) is 0 Å². The number of hydrogen-bond acceptors (Lipinski definition) is 2. The summed E-state index contributed by atoms with van der Waals surface area (Å²) < 4.78 is 0. The Morgan fingerprint density at radius 3 is 2.30 bits per heavy atom. The largest absolute Gasteiger partial charge is 0.357 e. The predicted molar refractivity (Wildman–Crippen MR) is 89.0 cm³/mol. The molecule has 20 heavy (non-hydrogen) atoms. The van der Waals surface area contributed by atoms with Gasteiger partial charge < -0.3 is 10.6 Å². The van der Waals surface area contributed by atoms with Crippen molar-refractivity contribution < 1.29 is 0 Å². The van der Waals surface area contributed by atoms with Crippen molar-refractivity contribution in [2.75, 3.05) is 32.7 Å². The van der Waals surface area contributed by atoms with E-state index in [1.54, 1.807) is 0 Å². The molecule has 0 spiro atoms. The zero-order valence-corrected chi connectivity index (χ0v) is 13.9. The van der Waals surface area contributed by atoms with E-state index >= 15 is 0 Å². The first-order valence-electron chi connectivity index (χ1n) is 7.78. The van der Waals surface area contributed by atoms with Gasteiger partial charge in [0.2, 0.25) is 0 Å². The second kappa shape index (κ2) is 11.6. The molecule has 0 saturated carbocycles. The molecule has 1 atom stereocenters. The van der Waals surface area contributed by atoms with Crippen LogP contribution in [0, 0.1) is 18.3 Å². The van der Waals surface area contributed by atoms with Gasteiger partial charge in [-0.3, -0.25) is 9.89 Å². The normalized spacial score (nSPS) is 13.4. The molecule has 4 nitrogen and oxygen atoms in total. The Hall–Kier alpha value is -1.21. The van der Waals surface area contributed by atoms with Gasteiger partial charge in [0.15, 0.2) is 5.96 Å². The van der Waals surface area contributed by atoms with E-state index in [0.29, 0.717) is 18.5 Å². The SMILES string of the molecule is C#CCNC(=NCC(CC(C)C)N(CC)CC)NCC. The van der Waals surface area contributed by atoms with Crippen molar-refractivity contribution in [3.63, 3.8) is 0 Å². The van der Waals surface area contributed by atoms with E-state index in [2.05, 4.69) is 61.1 Å². The average Bonchev–Trinajstić information content (AvgIpc) is 2.42. The maximum atomic E-state index is 5.28. The average molecular weight is 280 g/mol. The number of likely N-dealkylation sites (N-methyl/N-ethyl adjacent to an activating group) is 1. The lowest BCUT2D eigenvalue weighted by atomic mass is 10.0. The Kier molecular flexibility index (Phi) is 10.9. The molecular formula is C16H32N4. The highest BCUT2D eigenvalue weighted by atomic mass is 15.2. The van der Waals surface area contributed by atoms with Crippen LogP contribution < -0.4 is 10.6 Å². The highest BCUT2D eigenvalue weighted by molar-refractivity contribution is 5.79. The lowest BCUT2D eigenvalue weighted by Crippen LogP contribution is -2.41. The van der Waals surface area contributed by atoms with Crippen LogP contribution >= 0.6 is 0 Å². The summed E-state index contributed by atoms with van der Waals surface area (Å²) in [6, 6.07) is 0.492. The molecule has 1 unspecified atom stereocenters. The van der Waals surface area contributed by atoms with Gasteiger partial charge in [0.1, 0.15) is 0 Å². The third kappa shape index (κ3) is 8.06. The predicted octanol–water partition coefficient (Wildman–Crippen LogP) is 1.93. The molecule has 0 amide bonds. The first kappa shape index (κ1) is 18.8. The van der Waals surface area contributed by atoms with Gasteiger partial charge in [-0.15, -0.1) is 6.42 Å². The standard InChI is InChI=1S/C16H32N4/c1-7-11-18-16(17-8-2)19-13-15(12-14(5)6)20(9-3)10-4/h1,14-15H,8-13H2,2-6H3,(H2,17,18,19). The van der Waals surface area contributed by atoms with E-state index in [0.717, 1.165) is 32.1 Å². The van der Waals surface area contributed by atoms with Gasteiger partial charge in [-0.05, 0) is 32.4 Å². The fourth-order valence-corrected chi connectivity index (χ4v) is 2.30. The van der Waals surface area contributed by atoms with E-state index < -0.39 is 0 Å². The van der Waals surface area contributed by atoms with Crippen molar-refractivity contribution in [2.24, 2.45) is 10.9 Å². The van der Waals surface area contributed by atoms with Crippen LogP contribution in [-0.2, 0) is 0 Å². The molecule has 0 heterocycles. The summed E-state index contributed by atoms with van der Waals surface area (Å²) in [4.78, 5) is 7.16. The highest BCUT2D eigenvalue weighted by Gasteiger charge is 2.16. The zero-order valence-electron chi connectivity index (χ0n) is 13.9. The van der Waals surface area contributed by atoms with Gasteiger partial charge in [0.05, 0.1) is 13.1 Å². The summed E-state index contributed by atoms with van der Waals surface area (Å²) in [5, 5.41) is 6.36. The summed E-state index contributed by atoms with van der Waals surface area (Å²) in [6.45, 7) is 15.3. The van der Waals surface area contributed by atoms with E-state index in [9.17, 15) is 0 Å². The van der Waals surface area contributed by atoms with E-state index in [1.807, 2.05) is 0 Å². The van der Waals surface area contributed by atoms with Crippen LogP contribution in [0.15, 0.2) is 4.99 Å². The van der Waals surface area contributed by atoms with Crippen molar-refractivity contribution in [1.29, 1.82) is 0 Å². The van der Waals surface area contributed by atoms with E-state index in [4.69, 9.17) is 6.42 Å². The molecule has 0 aromatic rings. The fourth-order valence-electron chi connectivity index (χ4n) is 2.30. The molecule has 0 saturated heterocycles. The molecule has 0 aromatic heterocycles. The molecule has 0 rings (SSSR count). The monoisotopic (exact) mass is 280 g/mol. The second-order valence-corrected chi connectivity index (χ2v) is 5.28. The maximum absolute atomic E-state index is 5.28. The van der Waals surface area contributed by atoms with Crippen molar-refractivity contribution in [3.8, 4) is 12.3 Å². The summed E-state index contributed by atoms with van der Waals surface area (Å²) in [7, 11) is 0. The fraction of sp³-hybridized carbons (Fsp3) is 0.812. The van der Waals surface area contributed by atoms with Crippen LogP contribution in [0.2, 0.25) is 0 Å². The molecule has 2 N–H and O–H groups in total. The van der Waals surface area contributed by atoms with Crippen molar-refractivity contribution in [1.82, 2.24) is 15.5 Å². The quantitative estimate of drug-likeness (QED) is 0.385. The van der Waals surface area contributed by atoms with E-state index in [1.165, 1.54) is 6.42 Å². The lowest BCUT2D eigenvalue weighted by molar-refractivity contribution is 0.196. The molecule has 0 bridgehead atoms.